The molecule has 1 aliphatic heterocycles. The van der Waals surface area contributed by atoms with Crippen LogP contribution in [0.5, 0.6) is 5.75 Å². The maximum absolute atomic E-state index is 5.99. The van der Waals surface area contributed by atoms with Crippen molar-refractivity contribution in [1.29, 1.82) is 0 Å². The third kappa shape index (κ3) is 6.82. The Morgan fingerprint density at radius 3 is 2.39 bits per heavy atom. The Hall–Kier alpha value is -2.84. The van der Waals surface area contributed by atoms with E-state index >= 15 is 0 Å². The number of halogens is 1. The summed E-state index contributed by atoms with van der Waals surface area (Å²) in [5, 5.41) is 7.64. The predicted molar refractivity (Wildman–Crippen MR) is 136 cm³/mol. The van der Waals surface area contributed by atoms with E-state index in [1.54, 1.807) is 0 Å². The number of piperidine rings is 1. The molecule has 3 aromatic rings. The second kappa shape index (κ2) is 11.9. The van der Waals surface area contributed by atoms with Crippen LogP contribution in [0.25, 0.3) is 11.1 Å². The largest absolute Gasteiger partial charge is 0.494 e. The lowest BCUT2D eigenvalue weighted by Crippen LogP contribution is -2.41. The summed E-state index contributed by atoms with van der Waals surface area (Å²) in [4.78, 5) is 4.47. The average molecular weight is 460 g/mol. The molecule has 4 rings (SSSR count). The summed E-state index contributed by atoms with van der Waals surface area (Å²) in [6.45, 7) is 2.95. The molecule has 170 valence electrons. The third-order valence-electron chi connectivity index (χ3n) is 6.15. The SMILES string of the molecule is CNC(CCOc1ccc(C#Cc2ccc(-c3ccc(Cl)cc3)cn2)cc1)C1CCNCC1. The van der Waals surface area contributed by atoms with E-state index in [2.05, 4.69) is 34.5 Å². The quantitative estimate of drug-likeness (QED) is 0.479. The van der Waals surface area contributed by atoms with Gasteiger partial charge in [-0.15, -0.1) is 0 Å². The predicted octanol–water partition coefficient (Wildman–Crippen LogP) is 5.16. The van der Waals surface area contributed by atoms with E-state index in [0.717, 1.165) is 58.6 Å². The summed E-state index contributed by atoms with van der Waals surface area (Å²) < 4.78 is 5.99. The highest BCUT2D eigenvalue weighted by Gasteiger charge is 2.21. The first kappa shape index (κ1) is 23.3. The molecule has 1 aromatic heterocycles. The monoisotopic (exact) mass is 459 g/mol. The second-order valence-electron chi connectivity index (χ2n) is 8.33. The number of hydrogen-bond donors (Lipinski definition) is 2. The van der Waals surface area contributed by atoms with E-state index in [0.29, 0.717) is 12.6 Å². The molecule has 2 aromatic carbocycles. The van der Waals surface area contributed by atoms with Gasteiger partial charge in [0, 0.05) is 28.4 Å². The minimum absolute atomic E-state index is 0.510. The minimum Gasteiger partial charge on any atom is -0.494 e. The molecular weight excluding hydrogens is 430 g/mol. The van der Waals surface area contributed by atoms with Gasteiger partial charge in [-0.25, -0.2) is 4.98 Å². The Balaban J connectivity index is 1.28. The summed E-state index contributed by atoms with van der Waals surface area (Å²) in [6, 6.07) is 20.2. The van der Waals surface area contributed by atoms with E-state index in [1.807, 2.05) is 66.9 Å². The molecule has 1 saturated heterocycles. The maximum atomic E-state index is 5.99. The summed E-state index contributed by atoms with van der Waals surface area (Å²) in [7, 11) is 2.06. The van der Waals surface area contributed by atoms with E-state index in [4.69, 9.17) is 16.3 Å². The zero-order chi connectivity index (χ0) is 22.9. The van der Waals surface area contributed by atoms with Crippen molar-refractivity contribution in [3.05, 3.63) is 83.1 Å². The van der Waals surface area contributed by atoms with Crippen LogP contribution in [0.15, 0.2) is 66.9 Å². The van der Waals surface area contributed by atoms with Crippen molar-refractivity contribution in [2.24, 2.45) is 5.92 Å². The molecule has 4 nitrogen and oxygen atoms in total. The lowest BCUT2D eigenvalue weighted by Gasteiger charge is -2.30. The molecule has 0 bridgehead atoms. The molecule has 1 atom stereocenters. The van der Waals surface area contributed by atoms with Crippen LogP contribution < -0.4 is 15.4 Å². The van der Waals surface area contributed by atoms with Crippen LogP contribution in [0.2, 0.25) is 5.02 Å². The van der Waals surface area contributed by atoms with Crippen molar-refractivity contribution < 1.29 is 4.74 Å². The second-order valence-corrected chi connectivity index (χ2v) is 8.77. The number of hydrogen-bond acceptors (Lipinski definition) is 4. The van der Waals surface area contributed by atoms with Crippen LogP contribution in [0.4, 0.5) is 0 Å². The molecule has 1 fully saturated rings. The fourth-order valence-electron chi connectivity index (χ4n) is 4.22. The molecular formula is C28H30ClN3O. The van der Waals surface area contributed by atoms with Crippen molar-refractivity contribution in [2.45, 2.75) is 25.3 Å². The molecule has 0 aliphatic carbocycles. The van der Waals surface area contributed by atoms with Crippen molar-refractivity contribution in [3.63, 3.8) is 0 Å². The average Bonchev–Trinajstić information content (AvgIpc) is 2.87. The van der Waals surface area contributed by atoms with Crippen molar-refractivity contribution in [2.75, 3.05) is 26.7 Å². The third-order valence-corrected chi connectivity index (χ3v) is 6.40. The number of pyridine rings is 1. The lowest BCUT2D eigenvalue weighted by molar-refractivity contribution is 0.229. The Labute approximate surface area is 201 Å². The first-order chi connectivity index (χ1) is 16.2. The van der Waals surface area contributed by atoms with Crippen LogP contribution in [0.3, 0.4) is 0 Å². The van der Waals surface area contributed by atoms with Crippen molar-refractivity contribution in [1.82, 2.24) is 15.6 Å². The molecule has 0 amide bonds. The Bertz CT molecular complexity index is 1060. The van der Waals surface area contributed by atoms with Gasteiger partial charge in [0.1, 0.15) is 11.4 Å². The summed E-state index contributed by atoms with van der Waals surface area (Å²) in [6.07, 6.45) is 5.32. The zero-order valence-corrected chi connectivity index (χ0v) is 19.7. The van der Waals surface area contributed by atoms with Gasteiger partial charge in [0.05, 0.1) is 6.61 Å². The van der Waals surface area contributed by atoms with Gasteiger partial charge in [-0.2, -0.15) is 0 Å². The van der Waals surface area contributed by atoms with Crippen molar-refractivity contribution >= 4 is 11.6 Å². The maximum Gasteiger partial charge on any atom is 0.119 e. The fraction of sp³-hybridized carbons (Fsp3) is 0.321. The highest BCUT2D eigenvalue weighted by atomic mass is 35.5. The first-order valence-corrected chi connectivity index (χ1v) is 11.9. The molecule has 0 radical (unpaired) electrons. The smallest absolute Gasteiger partial charge is 0.119 e. The topological polar surface area (TPSA) is 46.2 Å². The number of nitrogens with one attached hydrogen (secondary N) is 2. The van der Waals surface area contributed by atoms with Gasteiger partial charge in [0.25, 0.3) is 0 Å². The van der Waals surface area contributed by atoms with Gasteiger partial charge in [-0.05, 0) is 99.3 Å². The van der Waals surface area contributed by atoms with Crippen molar-refractivity contribution in [3.8, 4) is 28.7 Å². The molecule has 5 heteroatoms. The van der Waals surface area contributed by atoms with Crippen LogP contribution in [0.1, 0.15) is 30.5 Å². The number of nitrogens with zero attached hydrogens (tertiary/aromatic N) is 1. The normalized spacial score (nSPS) is 14.8. The Morgan fingerprint density at radius 1 is 1.00 bits per heavy atom. The number of ether oxygens (including phenoxy) is 1. The van der Waals surface area contributed by atoms with Gasteiger partial charge in [-0.3, -0.25) is 0 Å². The fourth-order valence-corrected chi connectivity index (χ4v) is 4.34. The Morgan fingerprint density at radius 2 is 1.73 bits per heavy atom. The molecule has 1 aliphatic rings. The number of benzene rings is 2. The summed E-state index contributed by atoms with van der Waals surface area (Å²) in [5.41, 5.74) is 3.80. The molecule has 2 N–H and O–H groups in total. The molecule has 2 heterocycles. The highest BCUT2D eigenvalue weighted by molar-refractivity contribution is 6.30. The molecule has 33 heavy (non-hydrogen) atoms. The van der Waals surface area contributed by atoms with E-state index in [1.165, 1.54) is 12.8 Å². The highest BCUT2D eigenvalue weighted by Crippen LogP contribution is 2.21. The van der Waals surface area contributed by atoms with Gasteiger partial charge in [-0.1, -0.05) is 35.7 Å². The number of rotatable bonds is 7. The lowest BCUT2D eigenvalue weighted by atomic mass is 9.88. The molecule has 0 spiro atoms. The van der Waals surface area contributed by atoms with Gasteiger partial charge >= 0.3 is 0 Å². The van der Waals surface area contributed by atoms with E-state index in [-0.39, 0.29) is 0 Å². The molecule has 1 unspecified atom stereocenters. The first-order valence-electron chi connectivity index (χ1n) is 11.6. The van der Waals surface area contributed by atoms with E-state index < -0.39 is 0 Å². The standard InChI is InChI=1S/C28H30ClN3O/c1-30-28(23-14-17-31-18-15-23)16-19-33-27-12-3-21(4-13-27)2-10-26-11-7-24(20-32-26)22-5-8-25(29)9-6-22/h3-9,11-13,20,23,28,30-31H,14-19H2,1H3. The summed E-state index contributed by atoms with van der Waals surface area (Å²) >= 11 is 5.96. The van der Waals surface area contributed by atoms with Crippen LogP contribution in [0, 0.1) is 17.8 Å². The zero-order valence-electron chi connectivity index (χ0n) is 19.0. The van der Waals surface area contributed by atoms with Crippen LogP contribution >= 0.6 is 11.6 Å². The van der Waals surface area contributed by atoms with Crippen LogP contribution in [-0.4, -0.2) is 37.8 Å². The van der Waals surface area contributed by atoms with Crippen LogP contribution in [-0.2, 0) is 0 Å². The van der Waals surface area contributed by atoms with Gasteiger partial charge in [0.15, 0.2) is 0 Å². The number of aromatic nitrogens is 1. The van der Waals surface area contributed by atoms with E-state index in [9.17, 15) is 0 Å². The minimum atomic E-state index is 0.510. The molecule has 0 saturated carbocycles. The summed E-state index contributed by atoms with van der Waals surface area (Å²) in [5.74, 6) is 7.92. The Kier molecular flexibility index (Phi) is 8.38. The van der Waals surface area contributed by atoms with Gasteiger partial charge in [0.2, 0.25) is 0 Å². The van der Waals surface area contributed by atoms with Gasteiger partial charge < -0.3 is 15.4 Å².